The van der Waals surface area contributed by atoms with E-state index in [9.17, 15) is 9.18 Å². The van der Waals surface area contributed by atoms with Crippen LogP contribution in [0.2, 0.25) is 0 Å². The number of nitrogens with zero attached hydrogens (tertiary/aromatic N) is 2. The van der Waals surface area contributed by atoms with Crippen molar-refractivity contribution < 1.29 is 18.7 Å². The summed E-state index contributed by atoms with van der Waals surface area (Å²) in [4.78, 5) is 18.4. The van der Waals surface area contributed by atoms with Crippen molar-refractivity contribution in [2.45, 2.75) is 6.42 Å². The summed E-state index contributed by atoms with van der Waals surface area (Å²) in [5.41, 5.74) is 1.60. The zero-order valence-electron chi connectivity index (χ0n) is 15.9. The second kappa shape index (κ2) is 9.89. The molecule has 0 spiro atoms. The fraction of sp³-hybridized carbons (Fsp3) is 0.400. The fourth-order valence-electron chi connectivity index (χ4n) is 3.07. The number of benzene rings is 1. The molecule has 1 aliphatic heterocycles. The Labute approximate surface area is 163 Å². The Balaban J connectivity index is 1.39. The molecule has 0 aliphatic carbocycles. The SMILES string of the molecule is COCCOc1ccc(NC(=O)NCC2CCN(c3ccc(F)cc3)C2)cn1. The number of amides is 2. The maximum Gasteiger partial charge on any atom is 0.319 e. The van der Waals surface area contributed by atoms with Gasteiger partial charge < -0.3 is 25.0 Å². The minimum Gasteiger partial charge on any atom is -0.475 e. The first-order valence-corrected chi connectivity index (χ1v) is 9.27. The first-order chi connectivity index (χ1) is 13.6. The molecule has 0 saturated carbocycles. The number of hydrogen-bond acceptors (Lipinski definition) is 5. The molecule has 150 valence electrons. The van der Waals surface area contributed by atoms with Gasteiger partial charge >= 0.3 is 6.03 Å². The van der Waals surface area contributed by atoms with Crippen LogP contribution < -0.4 is 20.3 Å². The first-order valence-electron chi connectivity index (χ1n) is 9.27. The molecule has 28 heavy (non-hydrogen) atoms. The minimum atomic E-state index is -0.268. The highest BCUT2D eigenvalue weighted by atomic mass is 19.1. The van der Waals surface area contributed by atoms with Crippen LogP contribution in [0.25, 0.3) is 0 Å². The van der Waals surface area contributed by atoms with Crippen molar-refractivity contribution in [1.29, 1.82) is 0 Å². The summed E-state index contributed by atoms with van der Waals surface area (Å²) >= 11 is 0. The fourth-order valence-corrected chi connectivity index (χ4v) is 3.07. The molecule has 0 bridgehead atoms. The topological polar surface area (TPSA) is 75.7 Å². The molecular weight excluding hydrogens is 363 g/mol. The molecule has 0 radical (unpaired) electrons. The van der Waals surface area contributed by atoms with Crippen molar-refractivity contribution in [3.8, 4) is 5.88 Å². The number of rotatable bonds is 8. The summed E-state index contributed by atoms with van der Waals surface area (Å²) in [7, 11) is 1.61. The number of aromatic nitrogens is 1. The summed E-state index contributed by atoms with van der Waals surface area (Å²) in [6, 6.07) is 9.67. The minimum absolute atomic E-state index is 0.234. The maximum atomic E-state index is 13.0. The lowest BCUT2D eigenvalue weighted by Crippen LogP contribution is -2.34. The number of carbonyl (C=O) groups excluding carboxylic acids is 1. The highest BCUT2D eigenvalue weighted by molar-refractivity contribution is 5.89. The van der Waals surface area contributed by atoms with Gasteiger partial charge in [0.15, 0.2) is 0 Å². The molecule has 7 nitrogen and oxygen atoms in total. The third kappa shape index (κ3) is 5.82. The average Bonchev–Trinajstić information content (AvgIpc) is 3.18. The van der Waals surface area contributed by atoms with E-state index in [0.29, 0.717) is 37.2 Å². The smallest absolute Gasteiger partial charge is 0.319 e. The standard InChI is InChI=1S/C20H25FN4O3/c1-27-10-11-28-19-7-4-17(13-22-19)24-20(26)23-12-15-8-9-25(14-15)18-5-2-16(21)3-6-18/h2-7,13,15H,8-12,14H2,1H3,(H2,23,24,26). The Kier molecular flexibility index (Phi) is 7.02. The van der Waals surface area contributed by atoms with Crippen LogP contribution in [0.15, 0.2) is 42.6 Å². The van der Waals surface area contributed by atoms with Crippen LogP contribution in [0, 0.1) is 11.7 Å². The Morgan fingerprint density at radius 2 is 2.07 bits per heavy atom. The predicted octanol–water partition coefficient (Wildman–Crippen LogP) is 2.89. The molecule has 2 heterocycles. The van der Waals surface area contributed by atoms with Crippen LogP contribution in [0.3, 0.4) is 0 Å². The number of urea groups is 1. The lowest BCUT2D eigenvalue weighted by molar-refractivity contribution is 0.144. The van der Waals surface area contributed by atoms with Crippen LogP contribution in [0.1, 0.15) is 6.42 Å². The van der Waals surface area contributed by atoms with Gasteiger partial charge in [0.2, 0.25) is 5.88 Å². The number of methoxy groups -OCH3 is 1. The van der Waals surface area contributed by atoms with Crippen LogP contribution in [0.4, 0.5) is 20.6 Å². The maximum absolute atomic E-state index is 13.0. The van der Waals surface area contributed by atoms with Crippen LogP contribution in [0.5, 0.6) is 5.88 Å². The van der Waals surface area contributed by atoms with E-state index in [-0.39, 0.29) is 11.8 Å². The van der Waals surface area contributed by atoms with Gasteiger partial charge in [-0.3, -0.25) is 0 Å². The second-order valence-corrected chi connectivity index (χ2v) is 6.64. The third-order valence-corrected chi connectivity index (χ3v) is 4.56. The number of hydrogen-bond donors (Lipinski definition) is 2. The second-order valence-electron chi connectivity index (χ2n) is 6.64. The molecule has 3 rings (SSSR count). The highest BCUT2D eigenvalue weighted by Gasteiger charge is 2.23. The lowest BCUT2D eigenvalue weighted by atomic mass is 10.1. The normalized spacial score (nSPS) is 16.1. The molecule has 2 N–H and O–H groups in total. The van der Waals surface area contributed by atoms with Crippen molar-refractivity contribution in [3.05, 3.63) is 48.4 Å². The monoisotopic (exact) mass is 388 g/mol. The lowest BCUT2D eigenvalue weighted by Gasteiger charge is -2.19. The van der Waals surface area contributed by atoms with E-state index in [1.54, 1.807) is 37.6 Å². The van der Waals surface area contributed by atoms with E-state index in [0.717, 1.165) is 25.2 Å². The molecule has 1 aliphatic rings. The molecule has 1 fully saturated rings. The van der Waals surface area contributed by atoms with Crippen molar-refractivity contribution in [2.24, 2.45) is 5.92 Å². The number of anilines is 2. The number of carbonyl (C=O) groups is 1. The third-order valence-electron chi connectivity index (χ3n) is 4.56. The Hall–Kier alpha value is -2.87. The molecule has 2 aromatic rings. The summed E-state index contributed by atoms with van der Waals surface area (Å²) in [5.74, 6) is 0.599. The van der Waals surface area contributed by atoms with E-state index >= 15 is 0 Å². The van der Waals surface area contributed by atoms with Crippen molar-refractivity contribution in [2.75, 3.05) is 50.2 Å². The van der Waals surface area contributed by atoms with E-state index in [1.165, 1.54) is 12.1 Å². The predicted molar refractivity (Wildman–Crippen MR) is 105 cm³/mol. The molecule has 1 aromatic carbocycles. The van der Waals surface area contributed by atoms with E-state index in [4.69, 9.17) is 9.47 Å². The largest absolute Gasteiger partial charge is 0.475 e. The van der Waals surface area contributed by atoms with Gasteiger partial charge in [0.1, 0.15) is 12.4 Å². The molecule has 8 heteroatoms. The van der Waals surface area contributed by atoms with Gasteiger partial charge in [0.05, 0.1) is 18.5 Å². The first kappa shape index (κ1) is 19.9. The van der Waals surface area contributed by atoms with Crippen molar-refractivity contribution in [3.63, 3.8) is 0 Å². The summed E-state index contributed by atoms with van der Waals surface area (Å²) < 4.78 is 23.3. The Morgan fingerprint density at radius 3 is 2.79 bits per heavy atom. The quantitative estimate of drug-likeness (QED) is 0.680. The van der Waals surface area contributed by atoms with E-state index < -0.39 is 0 Å². The molecule has 1 aromatic heterocycles. The summed E-state index contributed by atoms with van der Waals surface area (Å²) in [6.07, 6.45) is 2.53. The molecule has 1 unspecified atom stereocenters. The summed E-state index contributed by atoms with van der Waals surface area (Å²) in [6.45, 7) is 3.22. The van der Waals surface area contributed by atoms with Crippen LogP contribution in [-0.4, -0.2) is 51.0 Å². The number of nitrogens with one attached hydrogen (secondary N) is 2. The van der Waals surface area contributed by atoms with Gasteiger partial charge in [-0.2, -0.15) is 0 Å². The zero-order valence-corrected chi connectivity index (χ0v) is 15.9. The number of ether oxygens (including phenoxy) is 2. The zero-order chi connectivity index (χ0) is 19.8. The Bertz CT molecular complexity index is 755. The van der Waals surface area contributed by atoms with Gasteiger partial charge in [-0.15, -0.1) is 0 Å². The van der Waals surface area contributed by atoms with Gasteiger partial charge in [0.25, 0.3) is 0 Å². The molecule has 1 atom stereocenters. The molecule has 1 saturated heterocycles. The number of halogens is 1. The van der Waals surface area contributed by atoms with E-state index in [2.05, 4.69) is 20.5 Å². The highest BCUT2D eigenvalue weighted by Crippen LogP contribution is 2.23. The Morgan fingerprint density at radius 1 is 1.25 bits per heavy atom. The number of pyridine rings is 1. The van der Waals surface area contributed by atoms with Gasteiger partial charge in [-0.25, -0.2) is 14.2 Å². The van der Waals surface area contributed by atoms with Crippen LogP contribution >= 0.6 is 0 Å². The van der Waals surface area contributed by atoms with Gasteiger partial charge in [-0.05, 0) is 42.7 Å². The van der Waals surface area contributed by atoms with Crippen molar-refractivity contribution in [1.82, 2.24) is 10.3 Å². The van der Waals surface area contributed by atoms with Crippen LogP contribution in [-0.2, 0) is 4.74 Å². The molecule has 2 amide bonds. The summed E-state index contributed by atoms with van der Waals surface area (Å²) in [5, 5.41) is 5.66. The molecular formula is C20H25FN4O3. The average molecular weight is 388 g/mol. The van der Waals surface area contributed by atoms with Gasteiger partial charge in [0, 0.05) is 38.5 Å². The van der Waals surface area contributed by atoms with E-state index in [1.807, 2.05) is 0 Å². The van der Waals surface area contributed by atoms with Gasteiger partial charge in [-0.1, -0.05) is 0 Å². The van der Waals surface area contributed by atoms with Crippen molar-refractivity contribution >= 4 is 17.4 Å².